The molecule has 3 aromatic carbocycles. The van der Waals surface area contributed by atoms with Crippen LogP contribution in [0.25, 0.3) is 0 Å². The molecular weight excluding hydrogens is 545 g/mol. The number of carbonyl (C=O) groups is 2. The van der Waals surface area contributed by atoms with E-state index in [1.807, 2.05) is 37.3 Å². The molecule has 8 nitrogen and oxygen atoms in total. The molecule has 220 valence electrons. The number of methoxy groups -OCH3 is 1. The normalized spacial score (nSPS) is 11.9. The van der Waals surface area contributed by atoms with E-state index in [0.29, 0.717) is 30.0 Å². The lowest BCUT2D eigenvalue weighted by Crippen LogP contribution is -2.50. The summed E-state index contributed by atoms with van der Waals surface area (Å²) >= 11 is 0. The Kier molecular flexibility index (Phi) is 11.7. The van der Waals surface area contributed by atoms with Gasteiger partial charge in [0.1, 0.15) is 17.6 Å². The Bertz CT molecular complexity index is 1380. The largest absolute Gasteiger partial charge is 0.497 e. The number of hydrogen-bond donors (Lipinski definition) is 1. The molecule has 0 heterocycles. The standard InChI is InChI=1S/C31H38FN3O5S/c1-4-19-33-31(37)29(21-24-10-6-5-7-11-24)34(23-25-15-17-26(32)18-16-25)30(36)14-9-20-35(41(3,38)39)27-12-8-13-28(22-27)40-2/h5-8,10-13,15-18,22,29H,4,9,14,19-21,23H2,1-3H3,(H,33,37)/t29-/m0/s1. The van der Waals surface area contributed by atoms with Gasteiger partial charge in [-0.1, -0.05) is 55.5 Å². The van der Waals surface area contributed by atoms with Gasteiger partial charge < -0.3 is 15.0 Å². The van der Waals surface area contributed by atoms with Gasteiger partial charge in [0.25, 0.3) is 0 Å². The Labute approximate surface area is 242 Å². The molecule has 0 aromatic heterocycles. The number of nitrogens with zero attached hydrogens (tertiary/aromatic N) is 2. The number of anilines is 1. The lowest BCUT2D eigenvalue weighted by molar-refractivity contribution is -0.141. The minimum absolute atomic E-state index is 0.00350. The maximum Gasteiger partial charge on any atom is 0.243 e. The number of sulfonamides is 1. The first kappa shape index (κ1) is 31.6. The lowest BCUT2D eigenvalue weighted by atomic mass is 10.0. The van der Waals surface area contributed by atoms with Crippen LogP contribution in [-0.2, 0) is 32.6 Å². The quantitative estimate of drug-likeness (QED) is 0.283. The van der Waals surface area contributed by atoms with Gasteiger partial charge in [-0.05, 0) is 48.2 Å². The van der Waals surface area contributed by atoms with Gasteiger partial charge >= 0.3 is 0 Å². The molecule has 0 aliphatic carbocycles. The van der Waals surface area contributed by atoms with Gasteiger partial charge in [0.2, 0.25) is 21.8 Å². The summed E-state index contributed by atoms with van der Waals surface area (Å²) in [6.45, 7) is 2.58. The van der Waals surface area contributed by atoms with Crippen molar-refractivity contribution in [3.05, 3.63) is 95.8 Å². The van der Waals surface area contributed by atoms with Crippen molar-refractivity contribution in [2.45, 2.75) is 45.2 Å². The first-order chi connectivity index (χ1) is 19.6. The smallest absolute Gasteiger partial charge is 0.243 e. The molecule has 0 aliphatic rings. The molecule has 1 atom stereocenters. The third kappa shape index (κ3) is 9.60. The topological polar surface area (TPSA) is 96.0 Å². The first-order valence-electron chi connectivity index (χ1n) is 13.6. The third-order valence-corrected chi connectivity index (χ3v) is 7.77. The van der Waals surface area contributed by atoms with Crippen LogP contribution in [0.4, 0.5) is 10.1 Å². The highest BCUT2D eigenvalue weighted by atomic mass is 32.2. The molecule has 2 amide bonds. The van der Waals surface area contributed by atoms with Crippen molar-refractivity contribution in [2.75, 3.05) is 30.8 Å². The van der Waals surface area contributed by atoms with E-state index in [1.54, 1.807) is 36.4 Å². The Morgan fingerprint density at radius 3 is 2.32 bits per heavy atom. The second kappa shape index (κ2) is 15.2. The summed E-state index contributed by atoms with van der Waals surface area (Å²) in [6, 6.07) is 21.2. The molecule has 0 radical (unpaired) electrons. The Morgan fingerprint density at radius 1 is 0.976 bits per heavy atom. The number of carbonyl (C=O) groups excluding carboxylic acids is 2. The van der Waals surface area contributed by atoms with Crippen LogP contribution in [0.3, 0.4) is 0 Å². The van der Waals surface area contributed by atoms with E-state index in [-0.39, 0.29) is 37.7 Å². The second-order valence-electron chi connectivity index (χ2n) is 9.78. The van der Waals surface area contributed by atoms with Gasteiger partial charge in [0.15, 0.2) is 0 Å². The number of rotatable bonds is 15. The van der Waals surface area contributed by atoms with Gasteiger partial charge in [0.05, 0.1) is 19.1 Å². The highest BCUT2D eigenvalue weighted by molar-refractivity contribution is 7.92. The molecule has 10 heteroatoms. The van der Waals surface area contributed by atoms with Crippen molar-refractivity contribution in [1.82, 2.24) is 10.2 Å². The van der Waals surface area contributed by atoms with E-state index in [9.17, 15) is 22.4 Å². The van der Waals surface area contributed by atoms with Crippen LogP contribution in [-0.4, -0.2) is 57.6 Å². The van der Waals surface area contributed by atoms with E-state index < -0.39 is 21.9 Å². The summed E-state index contributed by atoms with van der Waals surface area (Å²) in [4.78, 5) is 28.7. The van der Waals surface area contributed by atoms with Crippen LogP contribution in [0.5, 0.6) is 5.75 Å². The Morgan fingerprint density at radius 2 is 1.68 bits per heavy atom. The van der Waals surface area contributed by atoms with Crippen LogP contribution >= 0.6 is 0 Å². The number of hydrogen-bond acceptors (Lipinski definition) is 5. The van der Waals surface area contributed by atoms with E-state index >= 15 is 0 Å². The van der Waals surface area contributed by atoms with Crippen molar-refractivity contribution < 1.29 is 27.1 Å². The summed E-state index contributed by atoms with van der Waals surface area (Å²) < 4.78 is 45.3. The number of halogens is 1. The molecule has 41 heavy (non-hydrogen) atoms. The second-order valence-corrected chi connectivity index (χ2v) is 11.7. The van der Waals surface area contributed by atoms with Crippen LogP contribution in [0.15, 0.2) is 78.9 Å². The van der Waals surface area contributed by atoms with Crippen molar-refractivity contribution >= 4 is 27.5 Å². The van der Waals surface area contributed by atoms with Crippen molar-refractivity contribution in [2.24, 2.45) is 0 Å². The minimum atomic E-state index is -3.64. The minimum Gasteiger partial charge on any atom is -0.497 e. The average molecular weight is 584 g/mol. The van der Waals surface area contributed by atoms with E-state index in [0.717, 1.165) is 18.2 Å². The monoisotopic (exact) mass is 583 g/mol. The predicted molar refractivity (Wildman–Crippen MR) is 159 cm³/mol. The van der Waals surface area contributed by atoms with Crippen LogP contribution in [0, 0.1) is 5.82 Å². The zero-order valence-corrected chi connectivity index (χ0v) is 24.6. The van der Waals surface area contributed by atoms with Crippen molar-refractivity contribution in [1.29, 1.82) is 0 Å². The van der Waals surface area contributed by atoms with Gasteiger partial charge in [-0.15, -0.1) is 0 Å². The summed E-state index contributed by atoms with van der Waals surface area (Å²) in [7, 11) is -2.14. The van der Waals surface area contributed by atoms with E-state index in [4.69, 9.17) is 4.74 Å². The van der Waals surface area contributed by atoms with E-state index in [1.165, 1.54) is 28.4 Å². The Hall–Kier alpha value is -3.92. The first-order valence-corrected chi connectivity index (χ1v) is 15.4. The number of nitrogens with one attached hydrogen (secondary N) is 1. The van der Waals surface area contributed by atoms with Crippen molar-refractivity contribution in [3.63, 3.8) is 0 Å². The number of ether oxygens (including phenoxy) is 1. The Balaban J connectivity index is 1.86. The zero-order valence-electron chi connectivity index (χ0n) is 23.8. The molecule has 3 aromatic rings. The highest BCUT2D eigenvalue weighted by Gasteiger charge is 2.30. The average Bonchev–Trinajstić information content (AvgIpc) is 2.96. The fourth-order valence-electron chi connectivity index (χ4n) is 4.48. The zero-order chi connectivity index (χ0) is 29.8. The summed E-state index contributed by atoms with van der Waals surface area (Å²) in [5, 5.41) is 2.92. The van der Waals surface area contributed by atoms with Gasteiger partial charge in [-0.2, -0.15) is 0 Å². The number of benzene rings is 3. The van der Waals surface area contributed by atoms with E-state index in [2.05, 4.69) is 5.32 Å². The summed E-state index contributed by atoms with van der Waals surface area (Å²) in [5.74, 6) is -0.465. The van der Waals surface area contributed by atoms with Crippen LogP contribution in [0.1, 0.15) is 37.3 Å². The molecule has 0 aliphatic heterocycles. The van der Waals surface area contributed by atoms with Gasteiger partial charge in [-0.25, -0.2) is 12.8 Å². The molecule has 0 spiro atoms. The molecule has 0 saturated carbocycles. The summed E-state index contributed by atoms with van der Waals surface area (Å²) in [6.07, 6.45) is 2.37. The highest BCUT2D eigenvalue weighted by Crippen LogP contribution is 2.24. The third-order valence-electron chi connectivity index (χ3n) is 6.58. The molecule has 0 bridgehead atoms. The molecule has 3 rings (SSSR count). The maximum absolute atomic E-state index is 13.8. The maximum atomic E-state index is 13.8. The van der Waals surface area contributed by atoms with Crippen molar-refractivity contribution in [3.8, 4) is 5.75 Å². The molecule has 1 N–H and O–H groups in total. The fraction of sp³-hybridized carbons (Fsp3) is 0.355. The predicted octanol–water partition coefficient (Wildman–Crippen LogP) is 4.55. The van der Waals surface area contributed by atoms with Crippen LogP contribution in [0.2, 0.25) is 0 Å². The van der Waals surface area contributed by atoms with Gasteiger partial charge in [0, 0.05) is 38.5 Å². The van der Waals surface area contributed by atoms with Crippen LogP contribution < -0.4 is 14.4 Å². The lowest BCUT2D eigenvalue weighted by Gasteiger charge is -2.32. The number of amides is 2. The van der Waals surface area contributed by atoms with Gasteiger partial charge in [-0.3, -0.25) is 13.9 Å². The molecular formula is C31H38FN3O5S. The fourth-order valence-corrected chi connectivity index (χ4v) is 5.43. The molecule has 0 saturated heterocycles. The molecule has 0 unspecified atom stereocenters. The summed E-state index contributed by atoms with van der Waals surface area (Å²) in [5.41, 5.74) is 2.00. The molecule has 0 fully saturated rings. The SMILES string of the molecule is CCCNC(=O)[C@H](Cc1ccccc1)N(Cc1ccc(F)cc1)C(=O)CCCN(c1cccc(OC)c1)S(C)(=O)=O.